The number of benzene rings is 2. The van der Waals surface area contributed by atoms with Crippen LogP contribution in [0.25, 0.3) is 0 Å². The highest BCUT2D eigenvalue weighted by atomic mass is 32.2. The molecule has 0 atom stereocenters. The Morgan fingerprint density at radius 2 is 1.76 bits per heavy atom. The van der Waals surface area contributed by atoms with Gasteiger partial charge in [0.1, 0.15) is 0 Å². The van der Waals surface area contributed by atoms with E-state index in [4.69, 9.17) is 0 Å². The normalized spacial score (nSPS) is 11.0. The third-order valence-corrected chi connectivity index (χ3v) is 4.83. The number of rotatable bonds is 6. The Morgan fingerprint density at radius 1 is 1.08 bits per heavy atom. The molecule has 2 N–H and O–H groups in total. The van der Waals surface area contributed by atoms with Crippen molar-refractivity contribution in [2.45, 2.75) is 13.8 Å². The summed E-state index contributed by atoms with van der Waals surface area (Å²) in [5.41, 5.74) is 3.24. The van der Waals surface area contributed by atoms with E-state index in [0.29, 0.717) is 11.4 Å². The van der Waals surface area contributed by atoms with E-state index in [1.54, 1.807) is 18.2 Å². The summed E-state index contributed by atoms with van der Waals surface area (Å²) >= 11 is 0. The first-order valence-corrected chi connectivity index (χ1v) is 9.77. The van der Waals surface area contributed by atoms with Crippen LogP contribution in [0.15, 0.2) is 48.5 Å². The molecule has 2 aromatic rings. The molecule has 0 bridgehead atoms. The van der Waals surface area contributed by atoms with Gasteiger partial charge in [-0.1, -0.05) is 35.9 Å². The molecule has 0 fully saturated rings. The van der Waals surface area contributed by atoms with Crippen molar-refractivity contribution in [3.8, 4) is 0 Å². The minimum absolute atomic E-state index is 0.158. The van der Waals surface area contributed by atoms with Crippen molar-refractivity contribution >= 4 is 27.4 Å². The highest BCUT2D eigenvalue weighted by molar-refractivity contribution is 7.92. The van der Waals surface area contributed by atoms with Gasteiger partial charge in [0.15, 0.2) is 0 Å². The molecule has 134 valence electrons. The van der Waals surface area contributed by atoms with Crippen molar-refractivity contribution in [2.24, 2.45) is 0 Å². The lowest BCUT2D eigenvalue weighted by molar-refractivity contribution is 0.252. The summed E-state index contributed by atoms with van der Waals surface area (Å²) in [7, 11) is -3.45. The van der Waals surface area contributed by atoms with Crippen LogP contribution in [0.3, 0.4) is 0 Å². The van der Waals surface area contributed by atoms with Crippen LogP contribution >= 0.6 is 0 Å². The zero-order valence-electron chi connectivity index (χ0n) is 14.6. The summed E-state index contributed by atoms with van der Waals surface area (Å²) < 4.78 is 25.6. The Labute approximate surface area is 148 Å². The molecule has 7 heteroatoms. The number of hydrogen-bond acceptors (Lipinski definition) is 3. The van der Waals surface area contributed by atoms with Crippen LogP contribution in [-0.2, 0) is 10.0 Å². The van der Waals surface area contributed by atoms with Gasteiger partial charge < -0.3 is 10.6 Å². The van der Waals surface area contributed by atoms with E-state index in [0.717, 1.165) is 17.4 Å². The number of nitrogens with one attached hydrogen (secondary N) is 2. The lowest BCUT2D eigenvalue weighted by atomic mass is 10.1. The average molecular weight is 361 g/mol. The maximum Gasteiger partial charge on any atom is 0.319 e. The molecule has 6 nitrogen and oxygen atoms in total. The molecule has 0 aliphatic rings. The number of urea groups is 1. The van der Waals surface area contributed by atoms with Crippen LogP contribution in [-0.4, -0.2) is 33.8 Å². The van der Waals surface area contributed by atoms with Gasteiger partial charge in [0.2, 0.25) is 10.0 Å². The smallest absolute Gasteiger partial charge is 0.319 e. The zero-order chi connectivity index (χ0) is 18.4. The van der Waals surface area contributed by atoms with Gasteiger partial charge in [0.05, 0.1) is 18.5 Å². The molecule has 0 radical (unpaired) electrons. The summed E-state index contributed by atoms with van der Waals surface area (Å²) in [5, 5.41) is 5.37. The Kier molecular flexibility index (Phi) is 6.03. The summed E-state index contributed by atoms with van der Waals surface area (Å²) in [6, 6.07) is 14.3. The highest BCUT2D eigenvalue weighted by Gasteiger charge is 2.19. The second-order valence-electron chi connectivity index (χ2n) is 5.87. The first-order valence-electron chi connectivity index (χ1n) is 7.92. The van der Waals surface area contributed by atoms with Crippen LogP contribution in [0.4, 0.5) is 16.2 Å². The Morgan fingerprint density at radius 3 is 2.36 bits per heavy atom. The maximum atomic E-state index is 12.1. The molecule has 25 heavy (non-hydrogen) atoms. The third kappa shape index (κ3) is 5.49. The summed E-state index contributed by atoms with van der Waals surface area (Å²) in [6.45, 7) is 4.18. The molecule has 0 unspecified atom stereocenters. The van der Waals surface area contributed by atoms with E-state index in [1.807, 2.05) is 44.2 Å². The monoisotopic (exact) mass is 361 g/mol. The van der Waals surface area contributed by atoms with E-state index in [1.165, 1.54) is 4.31 Å². The van der Waals surface area contributed by atoms with E-state index in [9.17, 15) is 13.2 Å². The first kappa shape index (κ1) is 18.8. The fourth-order valence-electron chi connectivity index (χ4n) is 2.52. The average Bonchev–Trinajstić information content (AvgIpc) is 2.52. The van der Waals surface area contributed by atoms with Gasteiger partial charge in [-0.25, -0.2) is 13.2 Å². The number of carbonyl (C=O) groups excluding carboxylic acids is 1. The van der Waals surface area contributed by atoms with E-state index >= 15 is 0 Å². The molecule has 0 spiro atoms. The minimum atomic E-state index is -3.45. The molecule has 0 saturated carbocycles. The van der Waals surface area contributed by atoms with E-state index in [-0.39, 0.29) is 19.1 Å². The fraction of sp³-hybridized carbons (Fsp3) is 0.278. The Balaban J connectivity index is 2.00. The molecule has 2 amide bonds. The molecular weight excluding hydrogens is 338 g/mol. The van der Waals surface area contributed by atoms with Crippen molar-refractivity contribution in [3.63, 3.8) is 0 Å². The molecule has 2 rings (SSSR count). The van der Waals surface area contributed by atoms with Crippen molar-refractivity contribution < 1.29 is 13.2 Å². The topological polar surface area (TPSA) is 78.5 Å². The second-order valence-corrected chi connectivity index (χ2v) is 7.78. The largest absolute Gasteiger partial charge is 0.336 e. The Bertz CT molecular complexity index is 836. The molecule has 0 aromatic heterocycles. The number of carbonyl (C=O) groups is 1. The SMILES string of the molecule is Cc1ccc(N(CCNC(=O)Nc2ccccc2)S(C)(=O)=O)c(C)c1. The van der Waals surface area contributed by atoms with Gasteiger partial charge in [-0.05, 0) is 37.6 Å². The number of aryl methyl sites for hydroxylation is 2. The summed E-state index contributed by atoms with van der Waals surface area (Å²) in [5.74, 6) is 0. The fourth-order valence-corrected chi connectivity index (χ4v) is 3.50. The van der Waals surface area contributed by atoms with Crippen LogP contribution in [0, 0.1) is 13.8 Å². The molecule has 2 aromatic carbocycles. The Hall–Kier alpha value is -2.54. The zero-order valence-corrected chi connectivity index (χ0v) is 15.4. The molecule has 0 saturated heterocycles. The third-order valence-electron chi connectivity index (χ3n) is 3.65. The number of nitrogens with zero attached hydrogens (tertiary/aromatic N) is 1. The molecule has 0 heterocycles. The van der Waals surface area contributed by atoms with Gasteiger partial charge in [-0.15, -0.1) is 0 Å². The first-order chi connectivity index (χ1) is 11.8. The maximum absolute atomic E-state index is 12.1. The van der Waals surface area contributed by atoms with Crippen LogP contribution in [0.5, 0.6) is 0 Å². The van der Waals surface area contributed by atoms with E-state index in [2.05, 4.69) is 10.6 Å². The molecule has 0 aliphatic heterocycles. The van der Waals surface area contributed by atoms with Gasteiger partial charge in [-0.2, -0.15) is 0 Å². The van der Waals surface area contributed by atoms with Gasteiger partial charge in [0, 0.05) is 12.2 Å². The summed E-state index contributed by atoms with van der Waals surface area (Å²) in [4.78, 5) is 11.9. The molecule has 0 aliphatic carbocycles. The standard InChI is InChI=1S/C18H23N3O3S/c1-14-9-10-17(15(2)13-14)21(25(3,23)24)12-11-19-18(22)20-16-7-5-4-6-8-16/h4-10,13H,11-12H2,1-3H3,(H2,19,20,22). The predicted octanol–water partition coefficient (Wildman–Crippen LogP) is 2.89. The number of anilines is 2. The van der Waals surface area contributed by atoms with Crippen molar-refractivity contribution in [1.29, 1.82) is 0 Å². The minimum Gasteiger partial charge on any atom is -0.336 e. The summed E-state index contributed by atoms with van der Waals surface area (Å²) in [6.07, 6.45) is 1.16. The van der Waals surface area contributed by atoms with Crippen molar-refractivity contribution in [1.82, 2.24) is 5.32 Å². The van der Waals surface area contributed by atoms with Crippen LogP contribution < -0.4 is 14.9 Å². The second kappa shape index (κ2) is 8.02. The lowest BCUT2D eigenvalue weighted by Crippen LogP contribution is -2.39. The van der Waals surface area contributed by atoms with Gasteiger partial charge in [-0.3, -0.25) is 4.31 Å². The molecular formula is C18H23N3O3S. The number of hydrogen-bond donors (Lipinski definition) is 2. The quantitative estimate of drug-likeness (QED) is 0.830. The van der Waals surface area contributed by atoms with Crippen LogP contribution in [0.2, 0.25) is 0 Å². The van der Waals surface area contributed by atoms with E-state index < -0.39 is 10.0 Å². The van der Waals surface area contributed by atoms with Gasteiger partial charge >= 0.3 is 6.03 Å². The van der Waals surface area contributed by atoms with Gasteiger partial charge in [0.25, 0.3) is 0 Å². The van der Waals surface area contributed by atoms with Crippen LogP contribution in [0.1, 0.15) is 11.1 Å². The lowest BCUT2D eigenvalue weighted by Gasteiger charge is -2.24. The number of para-hydroxylation sites is 1. The van der Waals surface area contributed by atoms with Crippen molar-refractivity contribution in [3.05, 3.63) is 59.7 Å². The van der Waals surface area contributed by atoms with Crippen molar-refractivity contribution in [2.75, 3.05) is 29.0 Å². The number of amides is 2. The number of sulfonamides is 1. The predicted molar refractivity (Wildman–Crippen MR) is 102 cm³/mol. The highest BCUT2D eigenvalue weighted by Crippen LogP contribution is 2.23.